The smallest absolute Gasteiger partial charge is 0.0897 e. The molecule has 0 aromatic carbocycles. The molecule has 3 nitrogen and oxygen atoms in total. The summed E-state index contributed by atoms with van der Waals surface area (Å²) in [5, 5.41) is 13.5. The number of hydrogen-bond acceptors (Lipinski definition) is 3. The summed E-state index contributed by atoms with van der Waals surface area (Å²) in [6.07, 6.45) is 10.4. The van der Waals surface area contributed by atoms with E-state index in [0.717, 1.165) is 11.8 Å². The minimum Gasteiger partial charge on any atom is -0.389 e. The van der Waals surface area contributed by atoms with Crippen molar-refractivity contribution in [1.82, 2.24) is 5.32 Å². The molecular weight excluding hydrogens is 250 g/mol. The lowest BCUT2D eigenvalue weighted by molar-refractivity contribution is -0.0314. The van der Waals surface area contributed by atoms with Crippen molar-refractivity contribution in [3.63, 3.8) is 0 Å². The Morgan fingerprint density at radius 2 is 1.90 bits per heavy atom. The van der Waals surface area contributed by atoms with Crippen LogP contribution in [0.5, 0.6) is 0 Å². The number of hydrogen-bond donors (Lipinski definition) is 2. The van der Waals surface area contributed by atoms with Crippen LogP contribution in [-0.4, -0.2) is 36.5 Å². The van der Waals surface area contributed by atoms with Gasteiger partial charge in [-0.2, -0.15) is 0 Å². The molecule has 4 atom stereocenters. The van der Waals surface area contributed by atoms with Gasteiger partial charge in [0.1, 0.15) is 0 Å². The number of nitrogens with one attached hydrogen (secondary N) is 1. The van der Waals surface area contributed by atoms with Gasteiger partial charge in [-0.1, -0.05) is 32.6 Å². The van der Waals surface area contributed by atoms with Crippen molar-refractivity contribution < 1.29 is 9.84 Å². The lowest BCUT2D eigenvalue weighted by Gasteiger charge is -2.28. The topological polar surface area (TPSA) is 41.5 Å². The SMILES string of the molecule is CC1CCCC(OCC(O)CN[C@H](C)C2CCCC2)C1. The van der Waals surface area contributed by atoms with Crippen molar-refractivity contribution >= 4 is 0 Å². The Labute approximate surface area is 124 Å². The Bertz CT molecular complexity index is 260. The predicted molar refractivity (Wildman–Crippen MR) is 82.8 cm³/mol. The van der Waals surface area contributed by atoms with Crippen molar-refractivity contribution in [3.05, 3.63) is 0 Å². The largest absolute Gasteiger partial charge is 0.389 e. The van der Waals surface area contributed by atoms with Gasteiger partial charge >= 0.3 is 0 Å². The van der Waals surface area contributed by atoms with Crippen LogP contribution in [0.1, 0.15) is 65.2 Å². The summed E-state index contributed by atoms with van der Waals surface area (Å²) in [6.45, 7) is 5.71. The summed E-state index contributed by atoms with van der Waals surface area (Å²) in [7, 11) is 0. The van der Waals surface area contributed by atoms with E-state index in [1.165, 1.54) is 51.4 Å². The van der Waals surface area contributed by atoms with Crippen molar-refractivity contribution in [2.24, 2.45) is 11.8 Å². The van der Waals surface area contributed by atoms with Gasteiger partial charge < -0.3 is 15.2 Å². The molecule has 118 valence electrons. The zero-order chi connectivity index (χ0) is 14.4. The fourth-order valence-electron chi connectivity index (χ4n) is 3.78. The standard InChI is InChI=1S/C17H33NO2/c1-13-6-5-9-17(10-13)20-12-16(19)11-18-14(2)15-7-3-4-8-15/h13-19H,3-12H2,1-2H3/t13?,14-,16?,17?/m1/s1. The molecule has 0 spiro atoms. The summed E-state index contributed by atoms with van der Waals surface area (Å²) in [6, 6.07) is 0.529. The van der Waals surface area contributed by atoms with E-state index in [4.69, 9.17) is 4.74 Å². The third-order valence-corrected chi connectivity index (χ3v) is 5.19. The Morgan fingerprint density at radius 3 is 2.60 bits per heavy atom. The summed E-state index contributed by atoms with van der Waals surface area (Å²) < 4.78 is 5.88. The zero-order valence-corrected chi connectivity index (χ0v) is 13.3. The van der Waals surface area contributed by atoms with Gasteiger partial charge in [0.05, 0.1) is 18.8 Å². The van der Waals surface area contributed by atoms with Gasteiger partial charge in [0.2, 0.25) is 0 Å². The minimum absolute atomic E-state index is 0.365. The summed E-state index contributed by atoms with van der Waals surface area (Å²) in [4.78, 5) is 0. The van der Waals surface area contributed by atoms with E-state index in [2.05, 4.69) is 19.2 Å². The molecular formula is C17H33NO2. The first kappa shape index (κ1) is 16.3. The molecule has 20 heavy (non-hydrogen) atoms. The molecule has 0 bridgehead atoms. The Morgan fingerprint density at radius 1 is 1.15 bits per heavy atom. The first-order chi connectivity index (χ1) is 9.65. The van der Waals surface area contributed by atoms with Crippen molar-refractivity contribution in [1.29, 1.82) is 0 Å². The minimum atomic E-state index is -0.365. The van der Waals surface area contributed by atoms with Crippen LogP contribution in [0.25, 0.3) is 0 Å². The van der Waals surface area contributed by atoms with E-state index in [1.807, 2.05) is 0 Å². The van der Waals surface area contributed by atoms with Gasteiger partial charge in [0, 0.05) is 12.6 Å². The van der Waals surface area contributed by atoms with Crippen molar-refractivity contribution in [2.75, 3.05) is 13.2 Å². The number of aliphatic hydroxyl groups excluding tert-OH is 1. The highest BCUT2D eigenvalue weighted by Crippen LogP contribution is 2.27. The third-order valence-electron chi connectivity index (χ3n) is 5.19. The Kier molecular flexibility index (Phi) is 6.79. The molecule has 0 aromatic heterocycles. The second kappa shape index (κ2) is 8.35. The molecule has 0 saturated heterocycles. The van der Waals surface area contributed by atoms with Crippen LogP contribution < -0.4 is 5.32 Å². The van der Waals surface area contributed by atoms with Gasteiger partial charge in [-0.25, -0.2) is 0 Å². The number of rotatable bonds is 7. The van der Waals surface area contributed by atoms with Crippen LogP contribution in [0.15, 0.2) is 0 Å². The molecule has 3 heteroatoms. The average molecular weight is 283 g/mol. The highest BCUT2D eigenvalue weighted by molar-refractivity contribution is 4.78. The van der Waals surface area contributed by atoms with E-state index in [9.17, 15) is 5.11 Å². The Hall–Kier alpha value is -0.120. The zero-order valence-electron chi connectivity index (χ0n) is 13.3. The molecule has 2 aliphatic carbocycles. The second-order valence-electron chi connectivity index (χ2n) is 7.12. The van der Waals surface area contributed by atoms with E-state index in [-0.39, 0.29) is 6.10 Å². The third kappa shape index (κ3) is 5.34. The highest BCUT2D eigenvalue weighted by Gasteiger charge is 2.23. The maximum Gasteiger partial charge on any atom is 0.0897 e. The van der Waals surface area contributed by atoms with Crippen LogP contribution in [-0.2, 0) is 4.74 Å². The quantitative estimate of drug-likeness (QED) is 0.754. The van der Waals surface area contributed by atoms with E-state index < -0.39 is 0 Å². The molecule has 0 amide bonds. The molecule has 2 fully saturated rings. The normalized spacial score (nSPS) is 31.4. The van der Waals surface area contributed by atoms with Crippen molar-refractivity contribution in [3.8, 4) is 0 Å². The first-order valence-corrected chi connectivity index (χ1v) is 8.68. The lowest BCUT2D eigenvalue weighted by atomic mass is 9.89. The monoisotopic (exact) mass is 283 g/mol. The molecule has 2 aliphatic rings. The van der Waals surface area contributed by atoms with Crippen LogP contribution in [0.4, 0.5) is 0 Å². The summed E-state index contributed by atoms with van der Waals surface area (Å²) in [5.41, 5.74) is 0. The molecule has 0 heterocycles. The van der Waals surface area contributed by atoms with Crippen LogP contribution in [0.3, 0.4) is 0 Å². The van der Waals surface area contributed by atoms with Crippen LogP contribution in [0, 0.1) is 11.8 Å². The first-order valence-electron chi connectivity index (χ1n) is 8.68. The van der Waals surface area contributed by atoms with Crippen LogP contribution in [0.2, 0.25) is 0 Å². The molecule has 3 unspecified atom stereocenters. The Balaban J connectivity index is 1.56. The summed E-state index contributed by atoms with van der Waals surface area (Å²) in [5.74, 6) is 1.59. The molecule has 0 aliphatic heterocycles. The molecule has 2 rings (SSSR count). The number of aliphatic hydroxyl groups is 1. The predicted octanol–water partition coefficient (Wildman–Crippen LogP) is 3.11. The molecule has 2 saturated carbocycles. The van der Waals surface area contributed by atoms with E-state index in [1.54, 1.807) is 0 Å². The molecule has 2 N–H and O–H groups in total. The fourth-order valence-corrected chi connectivity index (χ4v) is 3.78. The van der Waals surface area contributed by atoms with Crippen molar-refractivity contribution in [2.45, 2.75) is 83.5 Å². The maximum atomic E-state index is 10.0. The highest BCUT2D eigenvalue weighted by atomic mass is 16.5. The molecule has 0 radical (unpaired) electrons. The molecule has 0 aromatic rings. The summed E-state index contributed by atoms with van der Waals surface area (Å²) >= 11 is 0. The van der Waals surface area contributed by atoms with Gasteiger partial charge in [-0.3, -0.25) is 0 Å². The average Bonchev–Trinajstić information content (AvgIpc) is 2.97. The van der Waals surface area contributed by atoms with E-state index >= 15 is 0 Å². The fraction of sp³-hybridized carbons (Fsp3) is 1.00. The van der Waals surface area contributed by atoms with Crippen LogP contribution >= 0.6 is 0 Å². The van der Waals surface area contributed by atoms with Gasteiger partial charge in [-0.15, -0.1) is 0 Å². The number of ether oxygens (including phenoxy) is 1. The van der Waals surface area contributed by atoms with Gasteiger partial charge in [-0.05, 0) is 44.4 Å². The second-order valence-corrected chi connectivity index (χ2v) is 7.12. The lowest BCUT2D eigenvalue weighted by Crippen LogP contribution is -2.40. The van der Waals surface area contributed by atoms with Gasteiger partial charge in [0.15, 0.2) is 0 Å². The van der Waals surface area contributed by atoms with E-state index in [0.29, 0.717) is 25.3 Å². The maximum absolute atomic E-state index is 10.0. The van der Waals surface area contributed by atoms with Gasteiger partial charge in [0.25, 0.3) is 0 Å².